The Hall–Kier alpha value is -2.95. The van der Waals surface area contributed by atoms with E-state index in [-0.39, 0.29) is 29.0 Å². The molecule has 3 N–H and O–H groups in total. The maximum atomic E-state index is 13.7. The number of halogens is 6. The molecule has 1 aliphatic rings. The predicted octanol–water partition coefficient (Wildman–Crippen LogP) is 2.73. The first-order valence-corrected chi connectivity index (χ1v) is 8.27. The molecule has 0 atom stereocenters. The Balaban J connectivity index is 1.91. The summed E-state index contributed by atoms with van der Waals surface area (Å²) in [6.45, 7) is -0.824. The molecule has 0 saturated carbocycles. The summed E-state index contributed by atoms with van der Waals surface area (Å²) in [5.41, 5.74) is -4.74. The van der Waals surface area contributed by atoms with Crippen molar-refractivity contribution in [2.45, 2.75) is 24.6 Å². The lowest BCUT2D eigenvalue weighted by Crippen LogP contribution is -3.07. The SMILES string of the molecule is O=C(NC([NH2+]Cc1ccc2c(c1)OCO2)(C(F)(F)F)C(F)(F)F)c1ccccc1. The number of hydrogen-bond donors (Lipinski definition) is 2. The Bertz CT molecular complexity index is 869. The van der Waals surface area contributed by atoms with Crippen LogP contribution >= 0.6 is 0 Å². The molecule has 5 nitrogen and oxygen atoms in total. The average Bonchev–Trinajstić information content (AvgIpc) is 3.11. The number of carbonyl (C=O) groups excluding carboxylic acids is 1. The maximum Gasteiger partial charge on any atom is 0.475 e. The van der Waals surface area contributed by atoms with Gasteiger partial charge in [0.2, 0.25) is 6.79 Å². The molecular weight excluding hydrogens is 406 g/mol. The molecule has 0 bridgehead atoms. The van der Waals surface area contributed by atoms with Crippen LogP contribution in [0.3, 0.4) is 0 Å². The van der Waals surface area contributed by atoms with Gasteiger partial charge in [-0.3, -0.25) is 10.1 Å². The summed E-state index contributed by atoms with van der Waals surface area (Å²) >= 11 is 0. The number of nitrogens with one attached hydrogen (secondary N) is 1. The number of amides is 1. The van der Waals surface area contributed by atoms with Gasteiger partial charge in [0, 0.05) is 11.1 Å². The number of rotatable bonds is 5. The molecule has 0 radical (unpaired) electrons. The Morgan fingerprint density at radius 1 is 0.931 bits per heavy atom. The molecule has 0 aromatic heterocycles. The topological polar surface area (TPSA) is 64.2 Å². The molecule has 0 saturated heterocycles. The molecule has 156 valence electrons. The van der Waals surface area contributed by atoms with E-state index >= 15 is 0 Å². The van der Waals surface area contributed by atoms with Gasteiger partial charge in [0.1, 0.15) is 6.54 Å². The summed E-state index contributed by atoms with van der Waals surface area (Å²) in [5.74, 6) is -0.944. The van der Waals surface area contributed by atoms with E-state index in [2.05, 4.69) is 0 Å². The number of carbonyl (C=O) groups is 1. The van der Waals surface area contributed by atoms with Crippen LogP contribution < -0.4 is 20.1 Å². The third-order valence-corrected chi connectivity index (χ3v) is 4.32. The molecular formula is C18H15F6N2O3+. The number of alkyl halides is 6. The molecule has 2 aromatic rings. The zero-order valence-corrected chi connectivity index (χ0v) is 14.6. The van der Waals surface area contributed by atoms with Crippen molar-refractivity contribution in [2.24, 2.45) is 0 Å². The summed E-state index contributed by atoms with van der Waals surface area (Å²) in [7, 11) is 0. The van der Waals surface area contributed by atoms with Gasteiger partial charge in [0.15, 0.2) is 11.5 Å². The normalized spacial score (nSPS) is 14.0. The van der Waals surface area contributed by atoms with E-state index in [1.54, 1.807) is 0 Å². The number of quaternary nitrogens is 1. The van der Waals surface area contributed by atoms with Crippen LogP contribution in [0.4, 0.5) is 26.3 Å². The summed E-state index contributed by atoms with van der Waals surface area (Å²) in [4.78, 5) is 12.2. The van der Waals surface area contributed by atoms with Gasteiger partial charge in [-0.2, -0.15) is 26.3 Å². The fraction of sp³-hybridized carbons (Fsp3) is 0.278. The highest BCUT2D eigenvalue weighted by Gasteiger charge is 2.76. The Kier molecular flexibility index (Phi) is 5.35. The van der Waals surface area contributed by atoms with Gasteiger partial charge >= 0.3 is 18.0 Å². The van der Waals surface area contributed by atoms with E-state index in [1.807, 2.05) is 0 Å². The summed E-state index contributed by atoms with van der Waals surface area (Å²) in [6.07, 6.45) is -11.7. The van der Waals surface area contributed by atoms with Crippen LogP contribution in [-0.4, -0.2) is 30.7 Å². The highest BCUT2D eigenvalue weighted by atomic mass is 19.4. The maximum absolute atomic E-state index is 13.7. The van der Waals surface area contributed by atoms with Gasteiger partial charge in [-0.1, -0.05) is 18.2 Å². The third kappa shape index (κ3) is 4.09. The quantitative estimate of drug-likeness (QED) is 0.577. The molecule has 0 spiro atoms. The van der Waals surface area contributed by atoms with E-state index in [1.165, 1.54) is 36.4 Å². The molecule has 29 heavy (non-hydrogen) atoms. The van der Waals surface area contributed by atoms with Crippen molar-refractivity contribution in [3.63, 3.8) is 0 Å². The minimum Gasteiger partial charge on any atom is -0.454 e. The summed E-state index contributed by atoms with van der Waals surface area (Å²) in [5, 5.41) is 1.15. The fourth-order valence-electron chi connectivity index (χ4n) is 2.76. The summed E-state index contributed by atoms with van der Waals surface area (Å²) in [6, 6.07) is 10.4. The van der Waals surface area contributed by atoms with E-state index < -0.39 is 30.5 Å². The average molecular weight is 421 g/mol. The lowest BCUT2D eigenvalue weighted by atomic mass is 10.1. The minimum atomic E-state index is -5.83. The van der Waals surface area contributed by atoms with Crippen molar-refractivity contribution in [1.82, 2.24) is 5.32 Å². The first kappa shape index (κ1) is 20.8. The van der Waals surface area contributed by atoms with E-state index in [4.69, 9.17) is 9.47 Å². The second kappa shape index (κ2) is 7.47. The second-order valence-corrected chi connectivity index (χ2v) is 6.22. The van der Waals surface area contributed by atoms with Gasteiger partial charge in [0.25, 0.3) is 5.91 Å². The fourth-order valence-corrected chi connectivity index (χ4v) is 2.76. The number of hydrogen-bond acceptors (Lipinski definition) is 3. The molecule has 3 rings (SSSR count). The minimum absolute atomic E-state index is 0.00533. The highest BCUT2D eigenvalue weighted by Crippen LogP contribution is 2.39. The lowest BCUT2D eigenvalue weighted by Gasteiger charge is -2.35. The first-order chi connectivity index (χ1) is 13.5. The van der Waals surface area contributed by atoms with Crippen LogP contribution in [0.1, 0.15) is 15.9 Å². The Morgan fingerprint density at radius 3 is 2.17 bits per heavy atom. The highest BCUT2D eigenvalue weighted by molar-refractivity contribution is 5.94. The number of nitrogens with two attached hydrogens (primary N) is 1. The zero-order chi connectivity index (χ0) is 21.3. The van der Waals surface area contributed by atoms with Crippen molar-refractivity contribution >= 4 is 5.91 Å². The van der Waals surface area contributed by atoms with Crippen LogP contribution in [0.25, 0.3) is 0 Å². The van der Waals surface area contributed by atoms with Crippen LogP contribution in [0.2, 0.25) is 0 Å². The van der Waals surface area contributed by atoms with Gasteiger partial charge in [-0.15, -0.1) is 0 Å². The van der Waals surface area contributed by atoms with Crippen LogP contribution in [0.15, 0.2) is 48.5 Å². The largest absolute Gasteiger partial charge is 0.475 e. The van der Waals surface area contributed by atoms with Crippen LogP contribution in [-0.2, 0) is 6.54 Å². The summed E-state index contributed by atoms with van der Waals surface area (Å²) < 4.78 is 92.1. The van der Waals surface area contributed by atoms with Gasteiger partial charge < -0.3 is 14.8 Å². The Morgan fingerprint density at radius 2 is 1.55 bits per heavy atom. The number of fused-ring (bicyclic) bond motifs is 1. The third-order valence-electron chi connectivity index (χ3n) is 4.32. The molecule has 1 aliphatic heterocycles. The monoisotopic (exact) mass is 421 g/mol. The van der Waals surface area contributed by atoms with Crippen molar-refractivity contribution in [3.05, 3.63) is 59.7 Å². The lowest BCUT2D eigenvalue weighted by molar-refractivity contribution is -0.796. The molecule has 11 heteroatoms. The molecule has 0 fully saturated rings. The van der Waals surface area contributed by atoms with E-state index in [0.717, 1.165) is 17.4 Å². The molecule has 1 heterocycles. The Labute approximate surface area is 160 Å². The van der Waals surface area contributed by atoms with Gasteiger partial charge in [-0.25, -0.2) is 0 Å². The number of ether oxygens (including phenoxy) is 2. The molecule has 2 aromatic carbocycles. The van der Waals surface area contributed by atoms with Gasteiger partial charge in [0.05, 0.1) is 0 Å². The van der Waals surface area contributed by atoms with Gasteiger partial charge in [-0.05, 0) is 30.3 Å². The van der Waals surface area contributed by atoms with E-state index in [0.29, 0.717) is 5.75 Å². The van der Waals surface area contributed by atoms with Crippen molar-refractivity contribution < 1.29 is 45.9 Å². The molecule has 1 amide bonds. The smallest absolute Gasteiger partial charge is 0.454 e. The standard InChI is InChI=1S/C18H14F6N2O3/c19-17(20,21)16(18(22,23)24,26-15(27)12-4-2-1-3-5-12)25-9-11-6-7-13-14(8-11)29-10-28-13/h1-8,25H,9-10H2,(H,26,27)/p+1. The zero-order valence-electron chi connectivity index (χ0n) is 14.6. The predicted molar refractivity (Wildman–Crippen MR) is 86.9 cm³/mol. The number of benzene rings is 2. The van der Waals surface area contributed by atoms with Crippen LogP contribution in [0, 0.1) is 0 Å². The molecule has 0 aliphatic carbocycles. The van der Waals surface area contributed by atoms with Crippen molar-refractivity contribution in [2.75, 3.05) is 6.79 Å². The second-order valence-electron chi connectivity index (χ2n) is 6.22. The van der Waals surface area contributed by atoms with Crippen molar-refractivity contribution in [1.29, 1.82) is 0 Å². The van der Waals surface area contributed by atoms with Crippen molar-refractivity contribution in [3.8, 4) is 11.5 Å². The van der Waals surface area contributed by atoms with Crippen LogP contribution in [0.5, 0.6) is 11.5 Å². The first-order valence-electron chi connectivity index (χ1n) is 8.27. The van der Waals surface area contributed by atoms with E-state index in [9.17, 15) is 31.1 Å². The molecule has 0 unspecified atom stereocenters.